The number of amides is 1. The molecule has 29 heavy (non-hydrogen) atoms. The smallest absolute Gasteiger partial charge is 0.250 e. The third kappa shape index (κ3) is 5.85. The highest BCUT2D eigenvalue weighted by atomic mass is 32.2. The molecule has 0 saturated carbocycles. The van der Waals surface area contributed by atoms with Crippen LogP contribution < -0.4 is 4.72 Å². The number of piperidine rings is 1. The van der Waals surface area contributed by atoms with Crippen molar-refractivity contribution in [3.05, 3.63) is 47.6 Å². The van der Waals surface area contributed by atoms with Gasteiger partial charge in [-0.1, -0.05) is 12.1 Å². The molecule has 0 bridgehead atoms. The summed E-state index contributed by atoms with van der Waals surface area (Å²) in [5, 5.41) is 1.70. The molecule has 1 saturated heterocycles. The molecule has 1 unspecified atom stereocenters. The summed E-state index contributed by atoms with van der Waals surface area (Å²) in [7, 11) is -1.89. The number of nitrogens with zero attached hydrogens (tertiary/aromatic N) is 3. The zero-order chi connectivity index (χ0) is 20.9. The van der Waals surface area contributed by atoms with Crippen LogP contribution in [0, 0.1) is 0 Å². The molecule has 1 aliphatic rings. The van der Waals surface area contributed by atoms with E-state index in [1.54, 1.807) is 30.3 Å². The fourth-order valence-electron chi connectivity index (χ4n) is 3.59. The maximum atomic E-state index is 12.8. The molecule has 2 aromatic heterocycles. The predicted octanol–water partition coefficient (Wildman–Crippen LogP) is 1.98. The highest BCUT2D eigenvalue weighted by Gasteiger charge is 2.30. The number of nitrogens with one attached hydrogen (secondary N) is 1. The van der Waals surface area contributed by atoms with Crippen molar-refractivity contribution in [2.45, 2.75) is 42.5 Å². The Balaban J connectivity index is 1.47. The zero-order valence-electron chi connectivity index (χ0n) is 16.8. The summed E-state index contributed by atoms with van der Waals surface area (Å²) in [6.07, 6.45) is 4.50. The van der Waals surface area contributed by atoms with E-state index in [0.717, 1.165) is 55.9 Å². The van der Waals surface area contributed by atoms with Crippen LogP contribution in [0.25, 0.3) is 0 Å². The number of hydrogen-bond donors (Lipinski definition) is 1. The zero-order valence-corrected chi connectivity index (χ0v) is 18.5. The Morgan fingerprint density at radius 3 is 2.69 bits per heavy atom. The first-order valence-electron chi connectivity index (χ1n) is 9.81. The molecule has 1 N–H and O–H groups in total. The fourth-order valence-corrected chi connectivity index (χ4v) is 5.80. The molecule has 0 aliphatic carbocycles. The van der Waals surface area contributed by atoms with Crippen molar-refractivity contribution < 1.29 is 13.2 Å². The molecule has 0 spiro atoms. The lowest BCUT2D eigenvalue weighted by Crippen LogP contribution is -2.51. The number of pyridine rings is 1. The van der Waals surface area contributed by atoms with E-state index in [4.69, 9.17) is 0 Å². The summed E-state index contributed by atoms with van der Waals surface area (Å²) in [4.78, 5) is 21.2. The quantitative estimate of drug-likeness (QED) is 0.684. The number of carbonyl (C=O) groups is 1. The van der Waals surface area contributed by atoms with Gasteiger partial charge in [-0.3, -0.25) is 9.78 Å². The monoisotopic (exact) mass is 436 g/mol. The van der Waals surface area contributed by atoms with Gasteiger partial charge in [0.25, 0.3) is 10.0 Å². The van der Waals surface area contributed by atoms with Gasteiger partial charge in [0.05, 0.1) is 6.04 Å². The number of rotatable bonds is 8. The summed E-state index contributed by atoms with van der Waals surface area (Å²) in [5.74, 6) is -0.197. The lowest BCUT2D eigenvalue weighted by molar-refractivity contribution is -0.134. The molecule has 1 amide bonds. The largest absolute Gasteiger partial charge is 0.341 e. The van der Waals surface area contributed by atoms with Crippen LogP contribution in [0.15, 0.2) is 46.1 Å². The van der Waals surface area contributed by atoms with Gasteiger partial charge < -0.3 is 9.80 Å². The van der Waals surface area contributed by atoms with Crippen LogP contribution >= 0.6 is 11.3 Å². The normalized spacial score (nSPS) is 17.2. The Bertz CT molecular complexity index is 880. The molecule has 1 aliphatic heterocycles. The van der Waals surface area contributed by atoms with E-state index in [1.807, 2.05) is 24.4 Å². The second kappa shape index (κ2) is 9.80. The minimum Gasteiger partial charge on any atom is -0.341 e. The molecular formula is C20H28N4O3S2. The lowest BCUT2D eigenvalue weighted by Gasteiger charge is -2.37. The first kappa shape index (κ1) is 21.9. The third-order valence-electron chi connectivity index (χ3n) is 5.33. The Morgan fingerprint density at radius 1 is 1.31 bits per heavy atom. The van der Waals surface area contributed by atoms with Crippen LogP contribution in [-0.2, 0) is 21.2 Å². The van der Waals surface area contributed by atoms with E-state index in [1.165, 1.54) is 6.07 Å². The van der Waals surface area contributed by atoms with E-state index in [9.17, 15) is 13.2 Å². The summed E-state index contributed by atoms with van der Waals surface area (Å²) in [6, 6.07) is 8.51. The van der Waals surface area contributed by atoms with Crippen LogP contribution in [0.5, 0.6) is 0 Å². The Hall–Kier alpha value is -1.81. The second-order valence-electron chi connectivity index (χ2n) is 7.37. The van der Waals surface area contributed by atoms with Crippen molar-refractivity contribution in [3.8, 4) is 0 Å². The molecule has 0 radical (unpaired) electrons. The van der Waals surface area contributed by atoms with E-state index in [2.05, 4.69) is 14.6 Å². The van der Waals surface area contributed by atoms with Gasteiger partial charge in [-0.25, -0.2) is 8.42 Å². The van der Waals surface area contributed by atoms with Crippen LogP contribution in [0.4, 0.5) is 0 Å². The fraction of sp³-hybridized carbons (Fsp3) is 0.500. The third-order valence-corrected chi connectivity index (χ3v) is 8.26. The van der Waals surface area contributed by atoms with Crippen molar-refractivity contribution in [2.75, 3.05) is 26.7 Å². The SMILES string of the molecule is CC(NS(=O)(=O)c1cccs1)C(=O)N(C)C1CCN(CCc2ccccn2)CC1. The molecule has 1 fully saturated rings. The molecular weight excluding hydrogens is 408 g/mol. The Morgan fingerprint density at radius 2 is 2.07 bits per heavy atom. The van der Waals surface area contributed by atoms with E-state index in [-0.39, 0.29) is 16.2 Å². The molecule has 9 heteroatoms. The molecule has 7 nitrogen and oxygen atoms in total. The molecule has 158 valence electrons. The molecule has 3 heterocycles. The molecule has 1 atom stereocenters. The maximum Gasteiger partial charge on any atom is 0.250 e. The predicted molar refractivity (Wildman–Crippen MR) is 114 cm³/mol. The van der Waals surface area contributed by atoms with Gasteiger partial charge in [0.1, 0.15) is 4.21 Å². The topological polar surface area (TPSA) is 82.6 Å². The van der Waals surface area contributed by atoms with Gasteiger partial charge in [0, 0.05) is 51.0 Å². The van der Waals surface area contributed by atoms with Crippen molar-refractivity contribution in [2.24, 2.45) is 0 Å². The molecule has 2 aromatic rings. The van der Waals surface area contributed by atoms with Crippen LogP contribution in [0.2, 0.25) is 0 Å². The number of aromatic nitrogens is 1. The highest BCUT2D eigenvalue weighted by molar-refractivity contribution is 7.91. The second-order valence-corrected chi connectivity index (χ2v) is 10.3. The maximum absolute atomic E-state index is 12.8. The number of likely N-dealkylation sites (N-methyl/N-ethyl adjacent to an activating group) is 1. The van der Waals surface area contributed by atoms with Crippen molar-refractivity contribution in [1.82, 2.24) is 19.5 Å². The first-order valence-corrected chi connectivity index (χ1v) is 12.2. The van der Waals surface area contributed by atoms with Crippen LogP contribution in [-0.4, -0.2) is 67.9 Å². The van der Waals surface area contributed by atoms with Gasteiger partial charge in [0.15, 0.2) is 0 Å². The van der Waals surface area contributed by atoms with Crippen LogP contribution in [0.3, 0.4) is 0 Å². The number of likely N-dealkylation sites (tertiary alicyclic amines) is 1. The summed E-state index contributed by atoms with van der Waals surface area (Å²) < 4.78 is 27.4. The highest BCUT2D eigenvalue weighted by Crippen LogP contribution is 2.19. The lowest BCUT2D eigenvalue weighted by atomic mass is 10.0. The Kier molecular flexibility index (Phi) is 7.39. The van der Waals surface area contributed by atoms with Gasteiger partial charge in [-0.05, 0) is 43.3 Å². The number of sulfonamides is 1. The first-order chi connectivity index (χ1) is 13.9. The van der Waals surface area contributed by atoms with Gasteiger partial charge in [-0.15, -0.1) is 11.3 Å². The van der Waals surface area contributed by atoms with Gasteiger partial charge in [0.2, 0.25) is 5.91 Å². The minimum atomic E-state index is -3.66. The Labute approximate surface area is 176 Å². The minimum absolute atomic E-state index is 0.127. The molecule has 3 rings (SSSR count). The average molecular weight is 437 g/mol. The number of thiophene rings is 1. The van der Waals surface area contributed by atoms with Gasteiger partial charge >= 0.3 is 0 Å². The van der Waals surface area contributed by atoms with Crippen molar-refractivity contribution in [3.63, 3.8) is 0 Å². The van der Waals surface area contributed by atoms with E-state index >= 15 is 0 Å². The molecule has 0 aromatic carbocycles. The van der Waals surface area contributed by atoms with Crippen molar-refractivity contribution >= 4 is 27.3 Å². The number of hydrogen-bond acceptors (Lipinski definition) is 6. The standard InChI is InChI=1S/C20H28N4O3S2/c1-16(22-29(26,27)19-7-5-15-28-19)20(25)23(2)18-9-13-24(14-10-18)12-8-17-6-3-4-11-21-17/h3-7,11,15-16,18,22H,8-10,12-14H2,1-2H3. The summed E-state index contributed by atoms with van der Waals surface area (Å²) >= 11 is 1.14. The van der Waals surface area contributed by atoms with Gasteiger partial charge in [-0.2, -0.15) is 4.72 Å². The van der Waals surface area contributed by atoms with Crippen molar-refractivity contribution in [1.29, 1.82) is 0 Å². The van der Waals surface area contributed by atoms with Crippen LogP contribution in [0.1, 0.15) is 25.5 Å². The summed E-state index contributed by atoms with van der Waals surface area (Å²) in [5.41, 5.74) is 1.09. The average Bonchev–Trinajstić information content (AvgIpc) is 3.28. The number of carbonyl (C=O) groups excluding carboxylic acids is 1. The van der Waals surface area contributed by atoms with E-state index < -0.39 is 16.1 Å². The summed E-state index contributed by atoms with van der Waals surface area (Å²) in [6.45, 7) is 4.40. The van der Waals surface area contributed by atoms with E-state index in [0.29, 0.717) is 0 Å².